The molecule has 1 aliphatic rings. The van der Waals surface area contributed by atoms with Crippen LogP contribution in [0.25, 0.3) is 0 Å². The maximum atomic E-state index is 9.70. The second kappa shape index (κ2) is 3.24. The summed E-state index contributed by atoms with van der Waals surface area (Å²) in [6.07, 6.45) is 2.79. The largest absolute Gasteiger partial charge is 0.495 e. The minimum absolute atomic E-state index is 0.277. The molecule has 0 saturated carbocycles. The number of ether oxygens (including phenoxy) is 2. The molecule has 0 aliphatic carbocycles. The highest BCUT2D eigenvalue weighted by molar-refractivity contribution is 5.11. The van der Waals surface area contributed by atoms with Gasteiger partial charge in [0.05, 0.1) is 13.2 Å². The zero-order valence-electron chi connectivity index (χ0n) is 6.96. The second-order valence-electron chi connectivity index (χ2n) is 2.91. The van der Waals surface area contributed by atoms with E-state index in [1.54, 1.807) is 14.0 Å². The normalized spacial score (nSPS) is 22.3. The summed E-state index contributed by atoms with van der Waals surface area (Å²) >= 11 is 0. The van der Waals surface area contributed by atoms with E-state index in [1.807, 2.05) is 6.08 Å². The van der Waals surface area contributed by atoms with Gasteiger partial charge in [-0.05, 0) is 13.0 Å². The third-order valence-electron chi connectivity index (χ3n) is 1.66. The zero-order chi connectivity index (χ0) is 8.32. The van der Waals surface area contributed by atoms with Gasteiger partial charge in [-0.2, -0.15) is 0 Å². The molecule has 1 aliphatic heterocycles. The van der Waals surface area contributed by atoms with Crippen molar-refractivity contribution in [3.8, 4) is 0 Å². The van der Waals surface area contributed by atoms with E-state index in [4.69, 9.17) is 9.47 Å². The van der Waals surface area contributed by atoms with Crippen molar-refractivity contribution in [2.45, 2.75) is 18.9 Å². The molecule has 0 fully saturated rings. The third-order valence-corrected chi connectivity index (χ3v) is 1.66. The highest BCUT2D eigenvalue weighted by atomic mass is 16.5. The first-order valence-corrected chi connectivity index (χ1v) is 3.71. The zero-order valence-corrected chi connectivity index (χ0v) is 6.96. The van der Waals surface area contributed by atoms with Crippen molar-refractivity contribution in [2.24, 2.45) is 0 Å². The van der Waals surface area contributed by atoms with Gasteiger partial charge in [-0.1, -0.05) is 0 Å². The molecule has 3 heteroatoms. The summed E-state index contributed by atoms with van der Waals surface area (Å²) in [6.45, 7) is 2.64. The predicted octanol–water partition coefficient (Wildman–Crippen LogP) is 0.688. The van der Waals surface area contributed by atoms with Gasteiger partial charge in [0, 0.05) is 13.5 Å². The molecule has 3 nitrogen and oxygen atoms in total. The van der Waals surface area contributed by atoms with Crippen molar-refractivity contribution in [3.05, 3.63) is 11.8 Å². The Morgan fingerprint density at radius 1 is 1.82 bits per heavy atom. The Balaban J connectivity index is 2.55. The van der Waals surface area contributed by atoms with Crippen molar-refractivity contribution in [1.82, 2.24) is 0 Å². The molecule has 0 radical (unpaired) electrons. The van der Waals surface area contributed by atoms with E-state index in [0.29, 0.717) is 12.4 Å². The lowest BCUT2D eigenvalue weighted by Crippen LogP contribution is -2.32. The van der Waals surface area contributed by atoms with Crippen LogP contribution in [0.5, 0.6) is 0 Å². The summed E-state index contributed by atoms with van der Waals surface area (Å²) in [5, 5.41) is 9.70. The topological polar surface area (TPSA) is 38.7 Å². The Labute approximate surface area is 66.6 Å². The highest BCUT2D eigenvalue weighted by Gasteiger charge is 2.29. The van der Waals surface area contributed by atoms with Crippen molar-refractivity contribution < 1.29 is 14.6 Å². The van der Waals surface area contributed by atoms with Crippen LogP contribution < -0.4 is 0 Å². The third kappa shape index (κ3) is 1.94. The van der Waals surface area contributed by atoms with E-state index in [9.17, 15) is 5.11 Å². The van der Waals surface area contributed by atoms with E-state index in [0.717, 1.165) is 6.42 Å². The number of hydrogen-bond donors (Lipinski definition) is 1. The minimum Gasteiger partial charge on any atom is -0.495 e. The minimum atomic E-state index is -0.953. The summed E-state index contributed by atoms with van der Waals surface area (Å²) < 4.78 is 10.0. The van der Waals surface area contributed by atoms with Gasteiger partial charge in [-0.25, -0.2) is 0 Å². The van der Waals surface area contributed by atoms with Crippen LogP contribution in [-0.4, -0.2) is 31.0 Å². The molecular formula is C8H14O3. The molecule has 1 atom stereocenters. The summed E-state index contributed by atoms with van der Waals surface area (Å²) in [5.74, 6) is 0.638. The van der Waals surface area contributed by atoms with E-state index < -0.39 is 5.60 Å². The fourth-order valence-electron chi connectivity index (χ4n) is 1.15. The van der Waals surface area contributed by atoms with Gasteiger partial charge in [-0.15, -0.1) is 0 Å². The van der Waals surface area contributed by atoms with Crippen molar-refractivity contribution in [2.75, 3.05) is 20.3 Å². The molecule has 0 aromatic carbocycles. The van der Waals surface area contributed by atoms with Crippen molar-refractivity contribution in [3.63, 3.8) is 0 Å². The summed E-state index contributed by atoms with van der Waals surface area (Å²) in [7, 11) is 1.56. The Bertz CT molecular complexity index is 161. The van der Waals surface area contributed by atoms with E-state index in [-0.39, 0.29) is 6.61 Å². The van der Waals surface area contributed by atoms with Gasteiger partial charge >= 0.3 is 0 Å². The molecule has 0 bridgehead atoms. The van der Waals surface area contributed by atoms with Gasteiger partial charge in [0.25, 0.3) is 0 Å². The number of hydrogen-bond acceptors (Lipinski definition) is 3. The second-order valence-corrected chi connectivity index (χ2v) is 2.91. The van der Waals surface area contributed by atoms with Gasteiger partial charge in [0.1, 0.15) is 11.4 Å². The quantitative estimate of drug-likeness (QED) is 0.656. The van der Waals surface area contributed by atoms with Gasteiger partial charge in [0.2, 0.25) is 0 Å². The van der Waals surface area contributed by atoms with Crippen LogP contribution in [0.2, 0.25) is 0 Å². The number of methoxy groups -OCH3 is 1. The van der Waals surface area contributed by atoms with Crippen LogP contribution in [0.3, 0.4) is 0 Å². The molecule has 0 aromatic rings. The number of rotatable bonds is 3. The molecule has 0 amide bonds. The Kier molecular flexibility index (Phi) is 2.52. The van der Waals surface area contributed by atoms with Crippen LogP contribution in [0, 0.1) is 0 Å². The standard InChI is InChI=1S/C8H14O3/c1-8(9,6-10-2)7-4-3-5-11-7/h4,9H,3,5-6H2,1-2H3. The molecular weight excluding hydrogens is 144 g/mol. The van der Waals surface area contributed by atoms with Crippen LogP contribution in [0.1, 0.15) is 13.3 Å². The van der Waals surface area contributed by atoms with Crippen molar-refractivity contribution in [1.29, 1.82) is 0 Å². The lowest BCUT2D eigenvalue weighted by atomic mass is 10.1. The Hall–Kier alpha value is -0.540. The summed E-state index contributed by atoms with van der Waals surface area (Å²) in [6, 6.07) is 0. The van der Waals surface area contributed by atoms with E-state index >= 15 is 0 Å². The average molecular weight is 158 g/mol. The molecule has 1 rings (SSSR count). The van der Waals surface area contributed by atoms with Gasteiger partial charge < -0.3 is 14.6 Å². The lowest BCUT2D eigenvalue weighted by Gasteiger charge is -2.22. The fourth-order valence-corrected chi connectivity index (χ4v) is 1.15. The van der Waals surface area contributed by atoms with Crippen LogP contribution in [-0.2, 0) is 9.47 Å². The first-order chi connectivity index (χ1) is 5.17. The van der Waals surface area contributed by atoms with Crippen molar-refractivity contribution >= 4 is 0 Å². The Morgan fingerprint density at radius 3 is 3.00 bits per heavy atom. The summed E-state index contributed by atoms with van der Waals surface area (Å²) in [5.41, 5.74) is -0.953. The van der Waals surface area contributed by atoms with Gasteiger partial charge in [-0.3, -0.25) is 0 Å². The van der Waals surface area contributed by atoms with E-state index in [2.05, 4.69) is 0 Å². The smallest absolute Gasteiger partial charge is 0.141 e. The lowest BCUT2D eigenvalue weighted by molar-refractivity contribution is -0.0253. The summed E-state index contributed by atoms with van der Waals surface area (Å²) in [4.78, 5) is 0. The van der Waals surface area contributed by atoms with Crippen LogP contribution in [0.4, 0.5) is 0 Å². The molecule has 1 N–H and O–H groups in total. The molecule has 1 heterocycles. The molecule has 1 unspecified atom stereocenters. The van der Waals surface area contributed by atoms with E-state index in [1.165, 1.54) is 0 Å². The Morgan fingerprint density at radius 2 is 2.55 bits per heavy atom. The van der Waals surface area contributed by atoms with Crippen LogP contribution in [0.15, 0.2) is 11.8 Å². The highest BCUT2D eigenvalue weighted by Crippen LogP contribution is 2.22. The molecule has 0 aromatic heterocycles. The number of aliphatic hydroxyl groups is 1. The monoisotopic (exact) mass is 158 g/mol. The maximum absolute atomic E-state index is 9.70. The molecule has 0 spiro atoms. The molecule has 11 heavy (non-hydrogen) atoms. The average Bonchev–Trinajstić information content (AvgIpc) is 2.37. The molecule has 0 saturated heterocycles. The predicted molar refractivity (Wildman–Crippen MR) is 41.2 cm³/mol. The first-order valence-electron chi connectivity index (χ1n) is 3.71. The first kappa shape index (κ1) is 8.56. The fraction of sp³-hybridized carbons (Fsp3) is 0.750. The maximum Gasteiger partial charge on any atom is 0.141 e. The van der Waals surface area contributed by atoms with Crippen LogP contribution >= 0.6 is 0 Å². The molecule has 64 valence electrons. The SMILES string of the molecule is COCC(C)(O)C1=CCCO1. The van der Waals surface area contributed by atoms with Gasteiger partial charge in [0.15, 0.2) is 0 Å².